The summed E-state index contributed by atoms with van der Waals surface area (Å²) in [6.07, 6.45) is 1.67. The van der Waals surface area contributed by atoms with Gasteiger partial charge in [0.2, 0.25) is 0 Å². The second-order valence-electron chi connectivity index (χ2n) is 5.22. The van der Waals surface area contributed by atoms with E-state index < -0.39 is 0 Å². The zero-order valence-corrected chi connectivity index (χ0v) is 15.1. The molecule has 6 heteroatoms. The Morgan fingerprint density at radius 3 is 2.64 bits per heavy atom. The van der Waals surface area contributed by atoms with Crippen LogP contribution in [0.15, 0.2) is 71.3 Å². The molecule has 0 aliphatic carbocycles. The fourth-order valence-electron chi connectivity index (χ4n) is 2.21. The third-order valence-electron chi connectivity index (χ3n) is 3.49. The molecule has 0 fully saturated rings. The zero-order valence-electron chi connectivity index (χ0n) is 13.5. The average Bonchev–Trinajstić information content (AvgIpc) is 2.65. The standard InChI is InChI=1S/C19H16BrN3O2/c1-25-15-6-4-5-13(11-15)19(24)23-18-10-9-14(12-21-18)22-17-8-3-2-7-16(17)20/h2-12,22H,1H3,(H,21,23,24). The maximum absolute atomic E-state index is 12.3. The molecule has 1 amide bonds. The lowest BCUT2D eigenvalue weighted by atomic mass is 10.2. The van der Waals surface area contributed by atoms with Crippen molar-refractivity contribution in [2.24, 2.45) is 0 Å². The van der Waals surface area contributed by atoms with Crippen LogP contribution in [0.3, 0.4) is 0 Å². The van der Waals surface area contributed by atoms with Gasteiger partial charge in [-0.15, -0.1) is 0 Å². The molecule has 5 nitrogen and oxygen atoms in total. The lowest BCUT2D eigenvalue weighted by Gasteiger charge is -2.09. The van der Waals surface area contributed by atoms with Crippen LogP contribution < -0.4 is 15.4 Å². The third kappa shape index (κ3) is 4.36. The van der Waals surface area contributed by atoms with Crippen molar-refractivity contribution < 1.29 is 9.53 Å². The molecule has 3 rings (SSSR count). The summed E-state index contributed by atoms with van der Waals surface area (Å²) in [6, 6.07) is 18.4. The van der Waals surface area contributed by atoms with Gasteiger partial charge in [0.1, 0.15) is 11.6 Å². The SMILES string of the molecule is COc1cccc(C(=O)Nc2ccc(Nc3ccccc3Br)cn2)c1. The van der Waals surface area contributed by atoms with Gasteiger partial charge in [-0.05, 0) is 58.4 Å². The van der Waals surface area contributed by atoms with Crippen LogP contribution in [0.1, 0.15) is 10.4 Å². The molecule has 0 saturated heterocycles. The first-order valence-electron chi connectivity index (χ1n) is 7.59. The molecule has 2 aromatic carbocycles. The molecule has 0 aliphatic heterocycles. The van der Waals surface area contributed by atoms with Crippen molar-refractivity contribution in [3.63, 3.8) is 0 Å². The Hall–Kier alpha value is -2.86. The Morgan fingerprint density at radius 1 is 1.08 bits per heavy atom. The van der Waals surface area contributed by atoms with E-state index in [0.29, 0.717) is 17.1 Å². The second kappa shape index (κ2) is 7.81. The van der Waals surface area contributed by atoms with Crippen molar-refractivity contribution in [2.45, 2.75) is 0 Å². The number of nitrogens with zero attached hydrogens (tertiary/aromatic N) is 1. The topological polar surface area (TPSA) is 63.2 Å². The molecule has 2 N–H and O–H groups in total. The van der Waals surface area contributed by atoms with Gasteiger partial charge in [-0.25, -0.2) is 4.98 Å². The van der Waals surface area contributed by atoms with Gasteiger partial charge in [-0.3, -0.25) is 4.79 Å². The van der Waals surface area contributed by atoms with E-state index in [4.69, 9.17) is 4.74 Å². The maximum Gasteiger partial charge on any atom is 0.256 e. The van der Waals surface area contributed by atoms with Crippen molar-refractivity contribution >= 4 is 39.0 Å². The smallest absolute Gasteiger partial charge is 0.256 e. The summed E-state index contributed by atoms with van der Waals surface area (Å²) in [5.41, 5.74) is 2.28. The zero-order chi connectivity index (χ0) is 17.6. The van der Waals surface area contributed by atoms with E-state index in [0.717, 1.165) is 15.8 Å². The van der Waals surface area contributed by atoms with Gasteiger partial charge in [0.15, 0.2) is 0 Å². The Bertz CT molecular complexity index is 882. The summed E-state index contributed by atoms with van der Waals surface area (Å²) in [5, 5.41) is 6.03. The van der Waals surface area contributed by atoms with Crippen LogP contribution >= 0.6 is 15.9 Å². The van der Waals surface area contributed by atoms with Crippen LogP contribution in [0.4, 0.5) is 17.2 Å². The summed E-state index contributed by atoms with van der Waals surface area (Å²) >= 11 is 3.49. The molecule has 0 atom stereocenters. The van der Waals surface area contributed by atoms with Crippen LogP contribution in [-0.2, 0) is 0 Å². The minimum atomic E-state index is -0.238. The summed E-state index contributed by atoms with van der Waals surface area (Å²) < 4.78 is 6.09. The number of nitrogens with one attached hydrogen (secondary N) is 2. The highest BCUT2D eigenvalue weighted by Gasteiger charge is 2.08. The number of amides is 1. The van der Waals surface area contributed by atoms with Crippen LogP contribution in [0.25, 0.3) is 0 Å². The Morgan fingerprint density at radius 2 is 1.92 bits per heavy atom. The Balaban J connectivity index is 1.68. The molecule has 0 bridgehead atoms. The van der Waals surface area contributed by atoms with E-state index in [1.54, 1.807) is 43.6 Å². The van der Waals surface area contributed by atoms with Gasteiger partial charge in [-0.1, -0.05) is 18.2 Å². The molecule has 0 radical (unpaired) electrons. The fraction of sp³-hybridized carbons (Fsp3) is 0.0526. The highest BCUT2D eigenvalue weighted by atomic mass is 79.9. The van der Waals surface area contributed by atoms with Crippen LogP contribution in [-0.4, -0.2) is 18.0 Å². The number of aromatic nitrogens is 1. The van der Waals surface area contributed by atoms with Gasteiger partial charge in [0, 0.05) is 10.0 Å². The normalized spacial score (nSPS) is 10.2. The molecule has 3 aromatic rings. The third-order valence-corrected chi connectivity index (χ3v) is 4.18. The van der Waals surface area contributed by atoms with E-state index in [1.807, 2.05) is 30.3 Å². The first-order valence-corrected chi connectivity index (χ1v) is 8.38. The summed E-state index contributed by atoms with van der Waals surface area (Å²) in [7, 11) is 1.56. The maximum atomic E-state index is 12.3. The first-order chi connectivity index (χ1) is 12.2. The van der Waals surface area contributed by atoms with Crippen LogP contribution in [0.2, 0.25) is 0 Å². The number of carbonyl (C=O) groups excluding carboxylic acids is 1. The van der Waals surface area contributed by atoms with Gasteiger partial charge in [-0.2, -0.15) is 0 Å². The molecule has 0 unspecified atom stereocenters. The van der Waals surface area contributed by atoms with Gasteiger partial charge in [0.25, 0.3) is 5.91 Å². The predicted octanol–water partition coefficient (Wildman–Crippen LogP) is 4.85. The number of methoxy groups -OCH3 is 1. The fourth-order valence-corrected chi connectivity index (χ4v) is 2.60. The van der Waals surface area contributed by atoms with Crippen LogP contribution in [0.5, 0.6) is 5.75 Å². The number of halogens is 1. The van der Waals surface area contributed by atoms with Crippen molar-refractivity contribution in [1.82, 2.24) is 4.98 Å². The number of hydrogen-bond donors (Lipinski definition) is 2. The lowest BCUT2D eigenvalue weighted by molar-refractivity contribution is 0.102. The number of pyridine rings is 1. The lowest BCUT2D eigenvalue weighted by Crippen LogP contribution is -2.12. The van der Waals surface area contributed by atoms with Crippen molar-refractivity contribution in [3.05, 3.63) is 76.9 Å². The van der Waals surface area contributed by atoms with E-state index >= 15 is 0 Å². The monoisotopic (exact) mass is 397 g/mol. The molecule has 1 aromatic heterocycles. The number of para-hydroxylation sites is 1. The summed E-state index contributed by atoms with van der Waals surface area (Å²) in [4.78, 5) is 16.5. The Kier molecular flexibility index (Phi) is 5.30. The average molecular weight is 398 g/mol. The van der Waals surface area contributed by atoms with Crippen LogP contribution in [0, 0.1) is 0 Å². The number of anilines is 3. The van der Waals surface area contributed by atoms with Crippen molar-refractivity contribution in [1.29, 1.82) is 0 Å². The molecule has 0 saturated carbocycles. The highest BCUT2D eigenvalue weighted by Crippen LogP contribution is 2.25. The summed E-state index contributed by atoms with van der Waals surface area (Å²) in [5.74, 6) is 0.872. The van der Waals surface area contributed by atoms with E-state index in [-0.39, 0.29) is 5.91 Å². The molecule has 25 heavy (non-hydrogen) atoms. The minimum absolute atomic E-state index is 0.238. The molecule has 0 spiro atoms. The molecular weight excluding hydrogens is 382 g/mol. The first kappa shape index (κ1) is 17.0. The Labute approximate surface area is 154 Å². The van der Waals surface area contributed by atoms with Gasteiger partial charge in [0.05, 0.1) is 24.7 Å². The highest BCUT2D eigenvalue weighted by molar-refractivity contribution is 9.10. The number of benzene rings is 2. The van der Waals surface area contributed by atoms with Crippen molar-refractivity contribution in [2.75, 3.05) is 17.7 Å². The number of rotatable bonds is 5. The molecule has 1 heterocycles. The quantitative estimate of drug-likeness (QED) is 0.645. The number of hydrogen-bond acceptors (Lipinski definition) is 4. The van der Waals surface area contributed by atoms with E-state index in [1.165, 1.54) is 0 Å². The molecular formula is C19H16BrN3O2. The minimum Gasteiger partial charge on any atom is -0.497 e. The van der Waals surface area contributed by atoms with Gasteiger partial charge >= 0.3 is 0 Å². The second-order valence-corrected chi connectivity index (χ2v) is 6.08. The van der Waals surface area contributed by atoms with E-state index in [9.17, 15) is 4.79 Å². The largest absolute Gasteiger partial charge is 0.497 e. The predicted molar refractivity (Wildman–Crippen MR) is 103 cm³/mol. The molecule has 0 aliphatic rings. The van der Waals surface area contributed by atoms with Crippen molar-refractivity contribution in [3.8, 4) is 5.75 Å². The summed E-state index contributed by atoms with van der Waals surface area (Å²) in [6.45, 7) is 0. The molecule has 126 valence electrons. The van der Waals surface area contributed by atoms with Gasteiger partial charge < -0.3 is 15.4 Å². The number of carbonyl (C=O) groups is 1. The number of ether oxygens (including phenoxy) is 1. The van der Waals surface area contributed by atoms with E-state index in [2.05, 4.69) is 31.5 Å².